The Labute approximate surface area is 107 Å². The van der Waals surface area contributed by atoms with Gasteiger partial charge in [0.1, 0.15) is 0 Å². The molecule has 0 aromatic carbocycles. The molecular formula is C14H27NOSi. The van der Waals surface area contributed by atoms with Gasteiger partial charge >= 0.3 is 0 Å². The van der Waals surface area contributed by atoms with Crippen LogP contribution in [0.25, 0.3) is 0 Å². The van der Waals surface area contributed by atoms with E-state index in [0.29, 0.717) is 23.2 Å². The molecule has 3 atom stereocenters. The number of hydrogen-bond donors (Lipinski definition) is 0. The van der Waals surface area contributed by atoms with E-state index in [1.165, 1.54) is 12.8 Å². The first-order valence-corrected chi connectivity index (χ1v) is 9.69. The summed E-state index contributed by atoms with van der Waals surface area (Å²) in [6.45, 7) is 11.7. The van der Waals surface area contributed by atoms with E-state index in [4.69, 9.17) is 4.43 Å². The zero-order chi connectivity index (χ0) is 12.8. The van der Waals surface area contributed by atoms with Crippen LogP contribution in [0.15, 0.2) is 12.2 Å². The normalized spacial score (nSPS) is 34.4. The maximum Gasteiger partial charge on any atom is 0.192 e. The van der Waals surface area contributed by atoms with Gasteiger partial charge in [0.05, 0.1) is 0 Å². The highest BCUT2D eigenvalue weighted by Crippen LogP contribution is 2.40. The van der Waals surface area contributed by atoms with Gasteiger partial charge < -0.3 is 4.43 Å². The predicted octanol–water partition coefficient (Wildman–Crippen LogP) is 3.41. The smallest absolute Gasteiger partial charge is 0.192 e. The monoisotopic (exact) mass is 253 g/mol. The van der Waals surface area contributed by atoms with Crippen LogP contribution in [-0.4, -0.2) is 38.5 Å². The molecule has 0 spiro atoms. The van der Waals surface area contributed by atoms with Crippen LogP contribution in [-0.2, 0) is 4.43 Å². The third-order valence-corrected chi connectivity index (χ3v) is 9.41. The van der Waals surface area contributed by atoms with Gasteiger partial charge in [-0.2, -0.15) is 0 Å². The van der Waals surface area contributed by atoms with Crippen molar-refractivity contribution in [1.29, 1.82) is 0 Å². The van der Waals surface area contributed by atoms with E-state index in [-0.39, 0.29) is 0 Å². The van der Waals surface area contributed by atoms with Crippen molar-refractivity contribution in [2.45, 2.75) is 69.9 Å². The first-order valence-electron chi connectivity index (χ1n) is 6.79. The number of likely N-dealkylation sites (N-methyl/N-ethyl adjacent to an activating group) is 1. The number of nitrogens with zero attached hydrogens (tertiary/aromatic N) is 1. The molecule has 0 saturated carbocycles. The minimum atomic E-state index is -1.59. The Bertz CT molecular complexity index is 303. The van der Waals surface area contributed by atoms with Crippen molar-refractivity contribution in [2.24, 2.45) is 0 Å². The molecule has 98 valence electrons. The van der Waals surface area contributed by atoms with Crippen molar-refractivity contribution < 1.29 is 4.43 Å². The minimum Gasteiger partial charge on any atom is -0.414 e. The van der Waals surface area contributed by atoms with Crippen molar-refractivity contribution in [3.8, 4) is 0 Å². The Morgan fingerprint density at radius 3 is 2.00 bits per heavy atom. The lowest BCUT2D eigenvalue weighted by Gasteiger charge is -2.43. The van der Waals surface area contributed by atoms with E-state index in [9.17, 15) is 0 Å². The predicted molar refractivity (Wildman–Crippen MR) is 75.8 cm³/mol. The van der Waals surface area contributed by atoms with Crippen LogP contribution in [0.2, 0.25) is 18.1 Å². The summed E-state index contributed by atoms with van der Waals surface area (Å²) in [6, 6.07) is 1.23. The van der Waals surface area contributed by atoms with Gasteiger partial charge in [-0.15, -0.1) is 0 Å². The zero-order valence-electron chi connectivity index (χ0n) is 12.2. The van der Waals surface area contributed by atoms with E-state index >= 15 is 0 Å². The number of hydrogen-bond acceptors (Lipinski definition) is 2. The summed E-state index contributed by atoms with van der Waals surface area (Å²) in [4.78, 5) is 2.48. The highest BCUT2D eigenvalue weighted by Gasteiger charge is 2.42. The van der Waals surface area contributed by atoms with E-state index in [1.807, 2.05) is 0 Å². The van der Waals surface area contributed by atoms with Gasteiger partial charge in [-0.25, -0.2) is 0 Å². The SMILES string of the molecule is CN1[C@@H]2C=C[C@H]1CC(O[Si](C)(C)C(C)(C)C)C2. The molecular weight excluding hydrogens is 226 g/mol. The fourth-order valence-corrected chi connectivity index (χ4v) is 3.97. The lowest BCUT2D eigenvalue weighted by atomic mass is 10.00. The summed E-state index contributed by atoms with van der Waals surface area (Å²) < 4.78 is 6.54. The van der Waals surface area contributed by atoms with Crippen molar-refractivity contribution in [2.75, 3.05) is 7.05 Å². The molecule has 2 rings (SSSR count). The largest absolute Gasteiger partial charge is 0.414 e. The number of rotatable bonds is 2. The second-order valence-corrected chi connectivity index (χ2v) is 11.9. The summed E-state index contributed by atoms with van der Waals surface area (Å²) >= 11 is 0. The van der Waals surface area contributed by atoms with Gasteiger partial charge in [0.2, 0.25) is 0 Å². The van der Waals surface area contributed by atoms with Crippen molar-refractivity contribution >= 4 is 8.32 Å². The van der Waals surface area contributed by atoms with Crippen molar-refractivity contribution in [3.05, 3.63) is 12.2 Å². The standard InChI is InChI=1S/C14H27NOSi/c1-14(2,3)17(5,6)16-13-9-11-7-8-12(10-13)15(11)4/h7-8,11-13H,9-10H2,1-6H3/t11-,12+,13?. The van der Waals surface area contributed by atoms with Gasteiger partial charge in [0.25, 0.3) is 0 Å². The lowest BCUT2D eigenvalue weighted by molar-refractivity contribution is 0.0656. The maximum absolute atomic E-state index is 6.54. The summed E-state index contributed by atoms with van der Waals surface area (Å²) in [6.07, 6.45) is 7.54. The molecule has 1 saturated heterocycles. The van der Waals surface area contributed by atoms with Crippen LogP contribution in [0.5, 0.6) is 0 Å². The molecule has 2 aliphatic heterocycles. The third-order valence-electron chi connectivity index (χ3n) is 4.88. The Hall–Kier alpha value is -0.123. The quantitative estimate of drug-likeness (QED) is 0.552. The summed E-state index contributed by atoms with van der Waals surface area (Å²) in [7, 11) is 0.642. The number of fused-ring (bicyclic) bond motifs is 2. The molecule has 0 aromatic heterocycles. The van der Waals surface area contributed by atoms with Crippen LogP contribution in [0.4, 0.5) is 0 Å². The number of piperidine rings is 1. The molecule has 2 bridgehead atoms. The maximum atomic E-state index is 6.54. The zero-order valence-corrected chi connectivity index (χ0v) is 13.2. The summed E-state index contributed by atoms with van der Waals surface area (Å²) in [5.74, 6) is 0. The van der Waals surface area contributed by atoms with Gasteiger partial charge in [-0.1, -0.05) is 32.9 Å². The molecule has 0 aromatic rings. The molecule has 17 heavy (non-hydrogen) atoms. The molecule has 2 nitrogen and oxygen atoms in total. The first kappa shape index (κ1) is 13.3. The molecule has 0 amide bonds. The van der Waals surface area contributed by atoms with Crippen molar-refractivity contribution in [3.63, 3.8) is 0 Å². The van der Waals surface area contributed by atoms with Gasteiger partial charge in [0.15, 0.2) is 8.32 Å². The second kappa shape index (κ2) is 4.21. The van der Waals surface area contributed by atoms with E-state index < -0.39 is 8.32 Å². The van der Waals surface area contributed by atoms with E-state index in [1.54, 1.807) is 0 Å². The summed E-state index contributed by atoms with van der Waals surface area (Å²) in [5, 5.41) is 0.322. The first-order chi connectivity index (χ1) is 7.71. The lowest BCUT2D eigenvalue weighted by Crippen LogP contribution is -2.50. The third kappa shape index (κ3) is 2.51. The van der Waals surface area contributed by atoms with E-state index in [0.717, 1.165) is 0 Å². The Balaban J connectivity index is 1.99. The fraction of sp³-hybridized carbons (Fsp3) is 0.857. The molecule has 1 unspecified atom stereocenters. The molecule has 0 aliphatic carbocycles. The highest BCUT2D eigenvalue weighted by molar-refractivity contribution is 6.74. The molecule has 0 N–H and O–H groups in total. The second-order valence-electron chi connectivity index (χ2n) is 7.16. The van der Waals surface area contributed by atoms with Crippen LogP contribution in [0, 0.1) is 0 Å². The topological polar surface area (TPSA) is 12.5 Å². The Kier molecular flexibility index (Phi) is 3.30. The minimum absolute atomic E-state index is 0.322. The van der Waals surface area contributed by atoms with Gasteiger partial charge in [-0.05, 0) is 38.0 Å². The van der Waals surface area contributed by atoms with Gasteiger partial charge in [-0.3, -0.25) is 4.90 Å². The van der Waals surface area contributed by atoms with Crippen LogP contribution in [0.3, 0.4) is 0 Å². The van der Waals surface area contributed by atoms with Crippen LogP contribution in [0.1, 0.15) is 33.6 Å². The highest BCUT2D eigenvalue weighted by atomic mass is 28.4. The molecule has 0 radical (unpaired) electrons. The molecule has 2 aliphatic rings. The molecule has 2 heterocycles. The van der Waals surface area contributed by atoms with Crippen LogP contribution >= 0.6 is 0 Å². The van der Waals surface area contributed by atoms with Gasteiger partial charge in [0, 0.05) is 18.2 Å². The molecule has 1 fully saturated rings. The average Bonchev–Trinajstić information content (AvgIpc) is 2.42. The molecule has 3 heteroatoms. The summed E-state index contributed by atoms with van der Waals surface area (Å²) in [5.41, 5.74) is 0. The van der Waals surface area contributed by atoms with Crippen LogP contribution < -0.4 is 0 Å². The Morgan fingerprint density at radius 1 is 1.12 bits per heavy atom. The fourth-order valence-electron chi connectivity index (χ4n) is 2.59. The van der Waals surface area contributed by atoms with Crippen molar-refractivity contribution in [1.82, 2.24) is 4.90 Å². The van der Waals surface area contributed by atoms with E-state index in [2.05, 4.69) is 58.0 Å². The Morgan fingerprint density at radius 2 is 1.59 bits per heavy atom. The average molecular weight is 253 g/mol.